The summed E-state index contributed by atoms with van der Waals surface area (Å²) in [5, 5.41) is 8.16. The fourth-order valence-corrected chi connectivity index (χ4v) is 4.78. The number of carbonyl (C=O) groups excluding carboxylic acids is 2. The second kappa shape index (κ2) is 11.1. The summed E-state index contributed by atoms with van der Waals surface area (Å²) in [6, 6.07) is 13.1. The van der Waals surface area contributed by atoms with Crippen LogP contribution in [0, 0.1) is 5.82 Å². The van der Waals surface area contributed by atoms with Gasteiger partial charge >= 0.3 is 6.09 Å². The maximum absolute atomic E-state index is 13.9. The van der Waals surface area contributed by atoms with Crippen molar-refractivity contribution in [2.45, 2.75) is 44.4 Å². The summed E-state index contributed by atoms with van der Waals surface area (Å²) in [6.45, 7) is 0.00412. The van der Waals surface area contributed by atoms with Crippen molar-refractivity contribution >= 4 is 54.2 Å². The molecule has 0 saturated heterocycles. The summed E-state index contributed by atoms with van der Waals surface area (Å²) >= 11 is 3.29. The molecule has 0 aliphatic carbocycles. The molecule has 0 bridgehead atoms. The van der Waals surface area contributed by atoms with Crippen LogP contribution in [0.3, 0.4) is 0 Å². The predicted octanol–water partition coefficient (Wildman–Crippen LogP) is 5.54. The van der Waals surface area contributed by atoms with E-state index in [4.69, 9.17) is 9.57 Å². The van der Waals surface area contributed by atoms with Crippen LogP contribution < -0.4 is 5.32 Å². The Bertz CT molecular complexity index is 1490. The highest BCUT2D eigenvalue weighted by atomic mass is 79.9. The molecule has 0 radical (unpaired) electrons. The SMILES string of the molecule is O=C(N[C@@H](Cc1c[nH]c2ccc(F)cc12)C(=O)CC[C@@H]1CC(Br)=NO1)OCc1cnc2ccccc2c1. The number of nitrogens with zero attached hydrogens (tertiary/aromatic N) is 2. The molecule has 2 N–H and O–H groups in total. The van der Waals surface area contributed by atoms with Crippen LogP contribution in [-0.4, -0.2) is 38.6 Å². The number of carbonyl (C=O) groups is 2. The molecule has 3 heterocycles. The summed E-state index contributed by atoms with van der Waals surface area (Å²) in [5.74, 6) is -0.557. The van der Waals surface area contributed by atoms with E-state index in [1.54, 1.807) is 18.5 Å². The van der Waals surface area contributed by atoms with Crippen molar-refractivity contribution in [1.29, 1.82) is 0 Å². The summed E-state index contributed by atoms with van der Waals surface area (Å²) in [6.07, 6.45) is 3.86. The number of aromatic amines is 1. The van der Waals surface area contributed by atoms with Gasteiger partial charge < -0.3 is 19.9 Å². The van der Waals surface area contributed by atoms with Crippen LogP contribution in [-0.2, 0) is 27.4 Å². The summed E-state index contributed by atoms with van der Waals surface area (Å²) in [4.78, 5) is 38.7. The number of hydrogen-bond acceptors (Lipinski definition) is 6. The molecule has 1 aliphatic heterocycles. The molecule has 4 aromatic rings. The Morgan fingerprint density at radius 2 is 2.11 bits per heavy atom. The van der Waals surface area contributed by atoms with Crippen molar-refractivity contribution in [3.05, 3.63) is 77.9 Å². The van der Waals surface area contributed by atoms with Gasteiger partial charge in [0, 0.05) is 53.5 Å². The normalized spacial score (nSPS) is 15.8. The Kier molecular flexibility index (Phi) is 7.45. The first-order valence-electron chi connectivity index (χ1n) is 11.9. The third-order valence-corrected chi connectivity index (χ3v) is 6.73. The number of oxime groups is 1. The Morgan fingerprint density at radius 3 is 2.95 bits per heavy atom. The van der Waals surface area contributed by atoms with Gasteiger partial charge in [-0.25, -0.2) is 9.18 Å². The maximum atomic E-state index is 13.9. The molecular weight excluding hydrogens is 543 g/mol. The van der Waals surface area contributed by atoms with Gasteiger partial charge in [-0.1, -0.05) is 23.4 Å². The molecule has 37 heavy (non-hydrogen) atoms. The highest BCUT2D eigenvalue weighted by molar-refractivity contribution is 9.18. The number of Topliss-reactive ketones (excluding diaryl/α,β-unsaturated/α-hetero) is 1. The van der Waals surface area contributed by atoms with E-state index < -0.39 is 12.1 Å². The minimum absolute atomic E-state index is 0.00412. The fourth-order valence-electron chi connectivity index (χ4n) is 4.34. The number of ether oxygens (including phenoxy) is 1. The van der Waals surface area contributed by atoms with E-state index in [0.717, 1.165) is 27.5 Å². The van der Waals surface area contributed by atoms with Gasteiger partial charge in [0.15, 0.2) is 5.78 Å². The lowest BCUT2D eigenvalue weighted by molar-refractivity contribution is -0.121. The number of rotatable bonds is 9. The number of halogens is 2. The van der Waals surface area contributed by atoms with E-state index in [1.807, 2.05) is 30.3 Å². The number of pyridine rings is 1. The molecule has 5 rings (SSSR count). The number of benzene rings is 2. The topological polar surface area (TPSA) is 106 Å². The average molecular weight is 567 g/mol. The third-order valence-electron chi connectivity index (χ3n) is 6.26. The summed E-state index contributed by atoms with van der Waals surface area (Å²) in [5.41, 5.74) is 3.04. The summed E-state index contributed by atoms with van der Waals surface area (Å²) in [7, 11) is 0. The van der Waals surface area contributed by atoms with E-state index in [2.05, 4.69) is 36.4 Å². The number of ketones is 1. The van der Waals surface area contributed by atoms with Crippen molar-refractivity contribution in [1.82, 2.24) is 15.3 Å². The second-order valence-electron chi connectivity index (χ2n) is 8.92. The summed E-state index contributed by atoms with van der Waals surface area (Å²) < 4.78 is 20.0. The van der Waals surface area contributed by atoms with Crippen molar-refractivity contribution in [3.8, 4) is 0 Å². The van der Waals surface area contributed by atoms with Crippen molar-refractivity contribution < 1.29 is 23.6 Å². The lowest BCUT2D eigenvalue weighted by Crippen LogP contribution is -2.42. The van der Waals surface area contributed by atoms with Crippen LogP contribution in [0.5, 0.6) is 0 Å². The number of fused-ring (bicyclic) bond motifs is 2. The Hall–Kier alpha value is -3.79. The van der Waals surface area contributed by atoms with E-state index in [0.29, 0.717) is 22.8 Å². The second-order valence-corrected chi connectivity index (χ2v) is 9.84. The highest BCUT2D eigenvalue weighted by Gasteiger charge is 2.26. The zero-order chi connectivity index (χ0) is 25.8. The van der Waals surface area contributed by atoms with Gasteiger partial charge in [0.25, 0.3) is 0 Å². The largest absolute Gasteiger partial charge is 0.445 e. The van der Waals surface area contributed by atoms with Crippen molar-refractivity contribution in [3.63, 3.8) is 0 Å². The molecule has 0 unspecified atom stereocenters. The molecule has 0 spiro atoms. The third kappa shape index (κ3) is 6.14. The number of para-hydroxylation sites is 1. The van der Waals surface area contributed by atoms with Gasteiger partial charge in [0.05, 0.1) is 11.6 Å². The van der Waals surface area contributed by atoms with Crippen LogP contribution in [0.2, 0.25) is 0 Å². The monoisotopic (exact) mass is 566 g/mol. The maximum Gasteiger partial charge on any atom is 0.408 e. The van der Waals surface area contributed by atoms with E-state index in [9.17, 15) is 14.0 Å². The molecule has 2 aromatic carbocycles. The number of H-pyrrole nitrogens is 1. The predicted molar refractivity (Wildman–Crippen MR) is 141 cm³/mol. The molecule has 0 saturated carbocycles. The van der Waals surface area contributed by atoms with Gasteiger partial charge in [-0.2, -0.15) is 0 Å². The number of aromatic nitrogens is 2. The van der Waals surface area contributed by atoms with Crippen LogP contribution in [0.25, 0.3) is 21.8 Å². The van der Waals surface area contributed by atoms with Crippen LogP contribution in [0.4, 0.5) is 9.18 Å². The van der Waals surface area contributed by atoms with Crippen LogP contribution >= 0.6 is 15.9 Å². The molecule has 2 aromatic heterocycles. The molecule has 1 amide bonds. The molecule has 8 nitrogen and oxygen atoms in total. The van der Waals surface area contributed by atoms with Gasteiger partial charge in [-0.05, 0) is 58.2 Å². The molecule has 0 fully saturated rings. The highest BCUT2D eigenvalue weighted by Crippen LogP contribution is 2.23. The molecule has 10 heteroatoms. The Balaban J connectivity index is 1.26. The first-order chi connectivity index (χ1) is 17.9. The molecule has 1 aliphatic rings. The minimum Gasteiger partial charge on any atom is -0.445 e. The minimum atomic E-state index is -0.866. The molecule has 190 valence electrons. The Morgan fingerprint density at radius 1 is 1.24 bits per heavy atom. The smallest absolute Gasteiger partial charge is 0.408 e. The van der Waals surface area contributed by atoms with Gasteiger partial charge in [0.2, 0.25) is 0 Å². The van der Waals surface area contributed by atoms with Gasteiger partial charge in [-0.3, -0.25) is 9.78 Å². The van der Waals surface area contributed by atoms with Crippen LogP contribution in [0.1, 0.15) is 30.4 Å². The number of alkyl carbamates (subject to hydrolysis) is 1. The van der Waals surface area contributed by atoms with Gasteiger partial charge in [0.1, 0.15) is 23.1 Å². The zero-order valence-corrected chi connectivity index (χ0v) is 21.3. The average Bonchev–Trinajstić information content (AvgIpc) is 3.50. The van der Waals surface area contributed by atoms with Crippen molar-refractivity contribution in [2.75, 3.05) is 0 Å². The lowest BCUT2D eigenvalue weighted by Gasteiger charge is -2.18. The van der Waals surface area contributed by atoms with Crippen molar-refractivity contribution in [2.24, 2.45) is 5.16 Å². The van der Waals surface area contributed by atoms with E-state index in [-0.39, 0.29) is 37.2 Å². The first kappa shape index (κ1) is 24.9. The van der Waals surface area contributed by atoms with Gasteiger partial charge in [-0.15, -0.1) is 0 Å². The number of amides is 1. The zero-order valence-electron chi connectivity index (χ0n) is 19.7. The molecule has 2 atom stereocenters. The van der Waals surface area contributed by atoms with Crippen LogP contribution in [0.15, 0.2) is 66.1 Å². The Labute approximate surface area is 220 Å². The molecular formula is C27H24BrFN4O4. The van der Waals surface area contributed by atoms with E-state index >= 15 is 0 Å². The number of nitrogens with one attached hydrogen (secondary N) is 2. The number of hydrogen-bond donors (Lipinski definition) is 2. The standard InChI is InChI=1S/C27H24BrFN4O4/c28-26-12-20(37-33-26)6-8-25(34)24(10-18-14-31-23-7-5-19(29)11-21(18)23)32-27(35)36-15-16-9-17-3-1-2-4-22(17)30-13-16/h1-5,7,9,11,13-14,20,24,31H,6,8,10,12,15H2,(H,32,35)/t20-,24+/m1/s1. The quantitative estimate of drug-likeness (QED) is 0.276. The fraction of sp³-hybridized carbons (Fsp3) is 0.259. The van der Waals surface area contributed by atoms with E-state index in [1.165, 1.54) is 12.1 Å². The first-order valence-corrected chi connectivity index (χ1v) is 12.7. The lowest BCUT2D eigenvalue weighted by atomic mass is 9.98.